The van der Waals surface area contributed by atoms with Crippen LogP contribution in [0.15, 0.2) is 47.5 Å². The lowest BCUT2D eigenvalue weighted by molar-refractivity contribution is -0.0563. The van der Waals surface area contributed by atoms with Crippen molar-refractivity contribution in [2.75, 3.05) is 34.5 Å². The first-order chi connectivity index (χ1) is 23.3. The fourth-order valence-corrected chi connectivity index (χ4v) is 5.19. The zero-order chi connectivity index (χ0) is 38.7. The number of methoxy groups -OCH3 is 1. The lowest BCUT2D eigenvalue weighted by atomic mass is 9.99. The van der Waals surface area contributed by atoms with E-state index in [1.165, 1.54) is 66.2 Å². The Morgan fingerprint density at radius 3 is 1.94 bits per heavy atom. The topological polar surface area (TPSA) is 148 Å². The van der Waals surface area contributed by atoms with Gasteiger partial charge in [0, 0.05) is 19.7 Å². The van der Waals surface area contributed by atoms with Crippen LogP contribution in [0.3, 0.4) is 0 Å². The number of guanidine groups is 1. The second kappa shape index (κ2) is 15.3. The molecule has 1 aliphatic heterocycles. The van der Waals surface area contributed by atoms with Gasteiger partial charge in [0.05, 0.1) is 27.0 Å². The molecule has 3 rings (SSSR count). The maximum absolute atomic E-state index is 15.9. The van der Waals surface area contributed by atoms with Gasteiger partial charge in [-0.05, 0) is 70.9 Å². The van der Waals surface area contributed by atoms with E-state index in [9.17, 15) is 36.0 Å². The highest BCUT2D eigenvalue weighted by Gasteiger charge is 2.49. The van der Waals surface area contributed by atoms with Crippen LogP contribution in [0.5, 0.6) is 5.75 Å². The van der Waals surface area contributed by atoms with Crippen LogP contribution in [0.25, 0.3) is 0 Å². The summed E-state index contributed by atoms with van der Waals surface area (Å²) in [6, 6.07) is 7.79. The molecular weight excluding hydrogens is 706 g/mol. The molecule has 51 heavy (non-hydrogen) atoms. The van der Waals surface area contributed by atoms with Crippen LogP contribution in [0.2, 0.25) is 0 Å². The number of benzene rings is 2. The van der Waals surface area contributed by atoms with Crippen LogP contribution in [0, 0.1) is 5.82 Å². The molecule has 0 spiro atoms. The minimum absolute atomic E-state index is 0.0148. The predicted molar refractivity (Wildman–Crippen MR) is 175 cm³/mol. The van der Waals surface area contributed by atoms with Crippen molar-refractivity contribution < 1.29 is 58.8 Å². The van der Waals surface area contributed by atoms with Gasteiger partial charge >= 0.3 is 33.8 Å². The van der Waals surface area contributed by atoms with Gasteiger partial charge in [-0.25, -0.2) is 27.9 Å². The Labute approximate surface area is 293 Å². The molecular formula is C32H41F4N5O9S. The summed E-state index contributed by atoms with van der Waals surface area (Å²) >= 11 is 0. The number of hydrogen-bond donors (Lipinski definition) is 0. The van der Waals surface area contributed by atoms with Gasteiger partial charge in [-0.3, -0.25) is 0 Å². The zero-order valence-electron chi connectivity index (χ0n) is 29.6. The number of aliphatic imine (C=N–C) groups is 1. The van der Waals surface area contributed by atoms with Crippen LogP contribution < -0.4 is 4.74 Å². The number of urea groups is 1. The molecule has 0 radical (unpaired) electrons. The summed E-state index contributed by atoms with van der Waals surface area (Å²) in [6.07, 6.45) is -4.22. The van der Waals surface area contributed by atoms with Crippen molar-refractivity contribution in [3.05, 3.63) is 65.0 Å². The lowest BCUT2D eigenvalue weighted by Crippen LogP contribution is -2.60. The Bertz CT molecular complexity index is 1730. The number of halogens is 4. The van der Waals surface area contributed by atoms with E-state index < -0.39 is 63.0 Å². The van der Waals surface area contributed by atoms with E-state index in [0.717, 1.165) is 17.0 Å². The number of carbonyl (C=O) groups is 3. The third-order valence-corrected chi connectivity index (χ3v) is 7.77. The molecule has 282 valence electrons. The summed E-state index contributed by atoms with van der Waals surface area (Å²) in [7, 11) is -1.93. The Hall–Kier alpha value is -4.65. The van der Waals surface area contributed by atoms with Crippen LogP contribution in [0.1, 0.15) is 64.3 Å². The number of alkyl halides is 3. The minimum atomic E-state index is -6.21. The molecule has 1 heterocycles. The van der Waals surface area contributed by atoms with Crippen molar-refractivity contribution in [1.82, 2.24) is 19.6 Å². The predicted octanol–water partition coefficient (Wildman–Crippen LogP) is 6.03. The quantitative estimate of drug-likeness (QED) is 0.108. The van der Waals surface area contributed by atoms with E-state index in [1.54, 1.807) is 41.5 Å². The molecule has 0 aliphatic carbocycles. The largest absolute Gasteiger partial charge is 0.523 e. The Balaban J connectivity index is 2.15. The first kappa shape index (κ1) is 40.8. The van der Waals surface area contributed by atoms with Gasteiger partial charge in [0.15, 0.2) is 0 Å². The summed E-state index contributed by atoms with van der Waals surface area (Å²) in [5, 5.41) is 0. The van der Waals surface area contributed by atoms with Crippen molar-refractivity contribution in [2.24, 2.45) is 4.99 Å². The number of ether oxygens (including phenoxy) is 3. The highest BCUT2D eigenvalue weighted by Crippen LogP contribution is 2.36. The van der Waals surface area contributed by atoms with Crippen molar-refractivity contribution >= 4 is 34.3 Å². The molecule has 19 heteroatoms. The molecule has 2 aromatic carbocycles. The number of nitrogens with zero attached hydrogens (tertiary/aromatic N) is 5. The molecule has 1 atom stereocenters. The summed E-state index contributed by atoms with van der Waals surface area (Å²) in [5.74, 6) is -1.23. The van der Waals surface area contributed by atoms with Gasteiger partial charge in [-0.2, -0.15) is 21.6 Å². The van der Waals surface area contributed by atoms with E-state index in [-0.39, 0.29) is 42.2 Å². The third kappa shape index (κ3) is 10.9. The maximum Gasteiger partial charge on any atom is 0.523 e. The van der Waals surface area contributed by atoms with E-state index in [0.29, 0.717) is 0 Å². The van der Waals surface area contributed by atoms with Crippen LogP contribution in [-0.4, -0.2) is 103 Å². The summed E-state index contributed by atoms with van der Waals surface area (Å²) in [5.41, 5.74) is -8.59. The molecule has 0 bridgehead atoms. The monoisotopic (exact) mass is 747 g/mol. The van der Waals surface area contributed by atoms with Crippen molar-refractivity contribution in [3.63, 3.8) is 0 Å². The molecule has 1 fully saturated rings. The Morgan fingerprint density at radius 1 is 0.922 bits per heavy atom. The lowest BCUT2D eigenvalue weighted by Gasteiger charge is -2.42. The average Bonchev–Trinajstić information content (AvgIpc) is 2.98. The second-order valence-corrected chi connectivity index (χ2v) is 15.0. The molecule has 2 aromatic rings. The van der Waals surface area contributed by atoms with Crippen molar-refractivity contribution in [3.8, 4) is 5.75 Å². The molecule has 0 aromatic heterocycles. The SMILES string of the molecule is COc1ccc([C@@H](OS(=O)(=O)C(F)(F)F)c2ccc(CN(C(=O)OC(C)(C)C)C(=NC(=O)OC(C)(C)C)N3CN(C)C(=O)N(C)C3)cc2F)cc1. The van der Waals surface area contributed by atoms with Crippen LogP contribution >= 0.6 is 0 Å². The summed E-state index contributed by atoms with van der Waals surface area (Å²) < 4.78 is 101. The maximum atomic E-state index is 15.9. The number of carbonyl (C=O) groups excluding carboxylic acids is 3. The molecule has 0 N–H and O–H groups in total. The van der Waals surface area contributed by atoms with Crippen molar-refractivity contribution in [1.29, 1.82) is 0 Å². The molecule has 1 saturated heterocycles. The van der Waals surface area contributed by atoms with Gasteiger partial charge in [-0.15, -0.1) is 4.99 Å². The number of rotatable bonds is 7. The normalized spacial score (nSPS) is 15.4. The molecule has 0 saturated carbocycles. The van der Waals surface area contributed by atoms with Gasteiger partial charge < -0.3 is 28.9 Å². The summed E-state index contributed by atoms with van der Waals surface area (Å²) in [4.78, 5) is 48.2. The average molecular weight is 748 g/mol. The van der Waals surface area contributed by atoms with Crippen LogP contribution in [-0.2, 0) is 30.3 Å². The first-order valence-corrected chi connectivity index (χ1v) is 16.7. The van der Waals surface area contributed by atoms with Crippen molar-refractivity contribution in [2.45, 2.75) is 70.9 Å². The standard InChI is InChI=1S/C32H41F4N5O9S/c1-30(2,3)48-27(42)37-26(40-18-38(7)28(43)39(8)19-40)41(29(44)49-31(4,5)6)17-20-10-15-23(24(33)16-20)25(50-51(45,46)32(34,35)36)21-11-13-22(47-9)14-12-21/h10-16,25H,17-19H2,1-9H3/t25-/m1/s1. The fourth-order valence-electron chi connectivity index (χ4n) is 4.61. The van der Waals surface area contributed by atoms with E-state index in [1.807, 2.05) is 0 Å². The van der Waals surface area contributed by atoms with E-state index in [4.69, 9.17) is 14.2 Å². The minimum Gasteiger partial charge on any atom is -0.497 e. The van der Waals surface area contributed by atoms with E-state index in [2.05, 4.69) is 9.18 Å². The third-order valence-electron chi connectivity index (χ3n) is 6.75. The smallest absolute Gasteiger partial charge is 0.497 e. The van der Waals surface area contributed by atoms with Gasteiger partial charge in [0.25, 0.3) is 0 Å². The van der Waals surface area contributed by atoms with Gasteiger partial charge in [0.1, 0.15) is 28.9 Å². The van der Waals surface area contributed by atoms with Gasteiger partial charge in [0.2, 0.25) is 5.96 Å². The second-order valence-electron chi connectivity index (χ2n) is 13.5. The highest BCUT2D eigenvalue weighted by atomic mass is 32.2. The molecule has 14 nitrogen and oxygen atoms in total. The number of hydrogen-bond acceptors (Lipinski definition) is 9. The molecule has 1 aliphatic rings. The molecule has 4 amide bonds. The number of amides is 4. The van der Waals surface area contributed by atoms with Crippen LogP contribution in [0.4, 0.5) is 31.9 Å². The Kier molecular flexibility index (Phi) is 12.2. The van der Waals surface area contributed by atoms with Gasteiger partial charge in [-0.1, -0.05) is 24.3 Å². The summed E-state index contributed by atoms with van der Waals surface area (Å²) in [6.45, 7) is 8.71. The first-order valence-electron chi connectivity index (χ1n) is 15.3. The van der Waals surface area contributed by atoms with E-state index >= 15 is 4.39 Å². The highest BCUT2D eigenvalue weighted by molar-refractivity contribution is 7.87. The fraction of sp³-hybridized carbons (Fsp3) is 0.500. The Morgan fingerprint density at radius 2 is 1.47 bits per heavy atom. The zero-order valence-corrected chi connectivity index (χ0v) is 30.4. The molecule has 0 unspecified atom stereocenters.